The van der Waals surface area contributed by atoms with Gasteiger partial charge < -0.3 is 24.0 Å². The highest BCUT2D eigenvalue weighted by Crippen LogP contribution is 2.46. The van der Waals surface area contributed by atoms with Gasteiger partial charge in [-0.15, -0.1) is 0 Å². The highest BCUT2D eigenvalue weighted by molar-refractivity contribution is 6.30. The summed E-state index contributed by atoms with van der Waals surface area (Å²) in [4.78, 5) is 31.1. The van der Waals surface area contributed by atoms with Gasteiger partial charge in [-0.2, -0.15) is 0 Å². The number of ether oxygens (including phenoxy) is 3. The standard InChI is InChI=1S/C42H45ClN2O5/c1-26(2)50-39-24-37-32(22-38(39)48-4)23-40(46)45(41(37)30-10-14-33(43)15-11-30)34-16-12-29(13-17-34)27(3)31-20-35-18-19-36(21-31)44(35)42(47)49-25-28-8-6-5-7-9-28/h5-17,22,24,26-27,31,35-36,41H,18-21,23,25H2,1-4H3/t27?,31?,35?,36?,41-/m0/s1. The van der Waals surface area contributed by atoms with Gasteiger partial charge in [0.05, 0.1) is 25.7 Å². The largest absolute Gasteiger partial charge is 0.493 e. The van der Waals surface area contributed by atoms with Crippen LogP contribution >= 0.6 is 11.6 Å². The molecule has 3 unspecified atom stereocenters. The molecule has 0 N–H and O–H groups in total. The van der Waals surface area contributed by atoms with Gasteiger partial charge in [0.1, 0.15) is 6.61 Å². The van der Waals surface area contributed by atoms with E-state index < -0.39 is 0 Å². The molecule has 2 fully saturated rings. The first-order valence-corrected chi connectivity index (χ1v) is 18.1. The molecule has 0 radical (unpaired) electrons. The summed E-state index contributed by atoms with van der Waals surface area (Å²) in [7, 11) is 1.63. The summed E-state index contributed by atoms with van der Waals surface area (Å²) in [6.45, 7) is 6.57. The van der Waals surface area contributed by atoms with Crippen LogP contribution in [0.2, 0.25) is 5.02 Å². The van der Waals surface area contributed by atoms with Crippen molar-refractivity contribution < 1.29 is 23.8 Å². The molecular weight excluding hydrogens is 648 g/mol. The van der Waals surface area contributed by atoms with E-state index in [-0.39, 0.29) is 42.7 Å². The summed E-state index contributed by atoms with van der Waals surface area (Å²) >= 11 is 6.31. The van der Waals surface area contributed by atoms with E-state index in [2.05, 4.69) is 31.2 Å². The van der Waals surface area contributed by atoms with Crippen LogP contribution in [0.15, 0.2) is 91.0 Å². The van der Waals surface area contributed by atoms with Crippen molar-refractivity contribution in [3.8, 4) is 11.5 Å². The number of rotatable bonds is 9. The minimum Gasteiger partial charge on any atom is -0.493 e. The van der Waals surface area contributed by atoms with Crippen molar-refractivity contribution in [2.75, 3.05) is 12.0 Å². The number of piperidine rings is 1. The molecule has 260 valence electrons. The van der Waals surface area contributed by atoms with Crippen LogP contribution in [0.5, 0.6) is 11.5 Å². The van der Waals surface area contributed by atoms with Gasteiger partial charge in [-0.3, -0.25) is 4.79 Å². The average molecular weight is 693 g/mol. The quantitative estimate of drug-likeness (QED) is 0.175. The Bertz CT molecular complexity index is 1810. The molecule has 2 bridgehead atoms. The van der Waals surface area contributed by atoms with Gasteiger partial charge in [-0.1, -0.05) is 73.1 Å². The van der Waals surface area contributed by atoms with E-state index >= 15 is 0 Å². The summed E-state index contributed by atoms with van der Waals surface area (Å²) in [5.41, 5.74) is 5.98. The SMILES string of the molecule is COc1cc2c(cc1OC(C)C)[C@H](c1ccc(Cl)cc1)N(c1ccc(C(C)C3CC4CCC(C3)N4C(=O)OCc3ccccc3)cc1)C(=O)C2. The summed E-state index contributed by atoms with van der Waals surface area (Å²) in [6.07, 6.45) is 3.99. The normalized spacial score (nSPS) is 21.9. The van der Waals surface area contributed by atoms with E-state index in [9.17, 15) is 9.59 Å². The van der Waals surface area contributed by atoms with Crippen LogP contribution in [0, 0.1) is 5.92 Å². The molecule has 4 aromatic carbocycles. The smallest absolute Gasteiger partial charge is 0.410 e. The summed E-state index contributed by atoms with van der Waals surface area (Å²) < 4.78 is 17.6. The van der Waals surface area contributed by atoms with Crippen molar-refractivity contribution in [3.63, 3.8) is 0 Å². The van der Waals surface area contributed by atoms with Crippen LogP contribution in [0.3, 0.4) is 0 Å². The van der Waals surface area contributed by atoms with Gasteiger partial charge in [0.25, 0.3) is 0 Å². The molecule has 3 aliphatic rings. The number of hydrogen-bond acceptors (Lipinski definition) is 5. The fourth-order valence-electron chi connectivity index (χ4n) is 8.26. The topological polar surface area (TPSA) is 68.3 Å². The molecule has 8 heteroatoms. The number of hydrogen-bond donors (Lipinski definition) is 0. The maximum absolute atomic E-state index is 14.0. The maximum atomic E-state index is 14.0. The number of carbonyl (C=O) groups is 2. The molecular formula is C42H45ClN2O5. The lowest BCUT2D eigenvalue weighted by atomic mass is 9.78. The van der Waals surface area contributed by atoms with Gasteiger partial charge >= 0.3 is 6.09 Å². The molecule has 3 aliphatic heterocycles. The number of methoxy groups -OCH3 is 1. The molecule has 0 saturated carbocycles. The lowest BCUT2D eigenvalue weighted by molar-refractivity contribution is -0.118. The van der Waals surface area contributed by atoms with E-state index in [0.717, 1.165) is 53.6 Å². The van der Waals surface area contributed by atoms with Crippen molar-refractivity contribution >= 4 is 29.3 Å². The third-order valence-electron chi connectivity index (χ3n) is 10.7. The highest BCUT2D eigenvalue weighted by atomic mass is 35.5. The van der Waals surface area contributed by atoms with E-state index in [4.69, 9.17) is 25.8 Å². The van der Waals surface area contributed by atoms with Crippen LogP contribution in [0.1, 0.15) is 86.2 Å². The van der Waals surface area contributed by atoms with Crippen molar-refractivity contribution in [1.82, 2.24) is 4.90 Å². The molecule has 2 amide bonds. The minimum atomic E-state index is -0.367. The van der Waals surface area contributed by atoms with Gasteiger partial charge in [0, 0.05) is 22.8 Å². The molecule has 2 saturated heterocycles. The molecule has 50 heavy (non-hydrogen) atoms. The summed E-state index contributed by atoms with van der Waals surface area (Å²) in [5, 5.41) is 0.642. The zero-order valence-electron chi connectivity index (χ0n) is 29.2. The zero-order valence-corrected chi connectivity index (χ0v) is 29.9. The Morgan fingerprint density at radius 3 is 2.20 bits per heavy atom. The number of anilines is 1. The van der Waals surface area contributed by atoms with Crippen LogP contribution < -0.4 is 14.4 Å². The van der Waals surface area contributed by atoms with Crippen molar-refractivity contribution in [2.24, 2.45) is 5.92 Å². The van der Waals surface area contributed by atoms with Gasteiger partial charge in [0.2, 0.25) is 5.91 Å². The number of halogens is 1. The van der Waals surface area contributed by atoms with Gasteiger partial charge in [-0.25, -0.2) is 4.79 Å². The lowest BCUT2D eigenvalue weighted by Crippen LogP contribution is -2.47. The molecule has 0 aliphatic carbocycles. The molecule has 0 aromatic heterocycles. The van der Waals surface area contributed by atoms with Crippen LogP contribution in [-0.2, 0) is 22.6 Å². The molecule has 4 aromatic rings. The predicted octanol–water partition coefficient (Wildman–Crippen LogP) is 9.50. The Morgan fingerprint density at radius 2 is 1.56 bits per heavy atom. The fourth-order valence-corrected chi connectivity index (χ4v) is 8.38. The summed E-state index contributed by atoms with van der Waals surface area (Å²) in [5.74, 6) is 2.05. The van der Waals surface area contributed by atoms with Crippen molar-refractivity contribution in [2.45, 2.75) is 89.6 Å². The predicted molar refractivity (Wildman–Crippen MR) is 196 cm³/mol. The fraction of sp³-hybridized carbons (Fsp3) is 0.381. The second-order valence-electron chi connectivity index (χ2n) is 14.2. The monoisotopic (exact) mass is 692 g/mol. The van der Waals surface area contributed by atoms with Crippen molar-refractivity contribution in [1.29, 1.82) is 0 Å². The Labute approximate surface area is 300 Å². The number of benzene rings is 4. The molecule has 0 spiro atoms. The highest BCUT2D eigenvalue weighted by Gasteiger charge is 2.45. The van der Waals surface area contributed by atoms with Crippen molar-refractivity contribution in [3.05, 3.63) is 124 Å². The first-order chi connectivity index (χ1) is 24.2. The maximum Gasteiger partial charge on any atom is 0.410 e. The van der Waals surface area contributed by atoms with E-state index in [1.54, 1.807) is 7.11 Å². The zero-order chi connectivity index (χ0) is 34.9. The minimum absolute atomic E-state index is 0.0147. The number of nitrogens with zero attached hydrogens (tertiary/aromatic N) is 2. The first kappa shape index (κ1) is 34.0. The van der Waals surface area contributed by atoms with E-state index in [1.165, 1.54) is 5.56 Å². The lowest BCUT2D eigenvalue weighted by Gasteiger charge is -2.40. The Kier molecular flexibility index (Phi) is 9.78. The molecule has 4 atom stereocenters. The number of carbonyl (C=O) groups excluding carboxylic acids is 2. The van der Waals surface area contributed by atoms with Gasteiger partial charge in [-0.05, 0) is 116 Å². The average Bonchev–Trinajstić information content (AvgIpc) is 3.39. The molecule has 7 nitrogen and oxygen atoms in total. The molecule has 3 heterocycles. The molecule has 7 rings (SSSR count). The Balaban J connectivity index is 1.11. The van der Waals surface area contributed by atoms with Gasteiger partial charge in [0.15, 0.2) is 11.5 Å². The number of fused-ring (bicyclic) bond motifs is 3. The van der Waals surface area contributed by atoms with Crippen LogP contribution in [-0.4, -0.2) is 42.2 Å². The Hall–Kier alpha value is -4.49. The summed E-state index contributed by atoms with van der Waals surface area (Å²) in [6, 6.07) is 30.1. The first-order valence-electron chi connectivity index (χ1n) is 17.7. The third kappa shape index (κ3) is 6.80. The second kappa shape index (κ2) is 14.4. The van der Waals surface area contributed by atoms with Crippen LogP contribution in [0.25, 0.3) is 0 Å². The van der Waals surface area contributed by atoms with E-state index in [0.29, 0.717) is 35.0 Å². The Morgan fingerprint density at radius 1 is 0.880 bits per heavy atom. The number of amides is 2. The third-order valence-corrected chi connectivity index (χ3v) is 11.0. The van der Waals surface area contributed by atoms with Crippen LogP contribution in [0.4, 0.5) is 10.5 Å². The second-order valence-corrected chi connectivity index (χ2v) is 14.6. The van der Waals surface area contributed by atoms with E-state index in [1.807, 2.05) is 90.4 Å².